The van der Waals surface area contributed by atoms with Crippen LogP contribution in [0.4, 0.5) is 21.8 Å². The van der Waals surface area contributed by atoms with E-state index in [-0.39, 0.29) is 29.6 Å². The standard InChI is InChI=1S/C26H29FN6O2/c1-33(15-14-17-6-3-2-4-7-17)25(35)18-10-12-19(13-11-18)30-26-29-16-21(27)24(32-26)31-22-9-5-8-20(22)23(28)34/h2-4,6-7,10-13,16,20,22H,5,8-9,14-15H2,1H3,(H2,28,34)(H2,29,30,31,32)/t20-,22+/m0/s1. The topological polar surface area (TPSA) is 113 Å². The summed E-state index contributed by atoms with van der Waals surface area (Å²) < 4.78 is 14.3. The number of likely N-dealkylation sites (N-methyl/N-ethyl adjacent to an activating group) is 1. The number of benzene rings is 2. The van der Waals surface area contributed by atoms with Crippen molar-refractivity contribution in [2.24, 2.45) is 11.7 Å². The SMILES string of the molecule is CN(CCc1ccccc1)C(=O)c1ccc(Nc2ncc(F)c(N[C@@H]3CCC[C@@H]3C(N)=O)n2)cc1. The number of nitrogens with two attached hydrogens (primary N) is 1. The van der Waals surface area contributed by atoms with Crippen molar-refractivity contribution in [3.63, 3.8) is 0 Å². The Hall–Kier alpha value is -4.01. The van der Waals surface area contributed by atoms with Crippen LogP contribution in [0.3, 0.4) is 0 Å². The second-order valence-electron chi connectivity index (χ2n) is 8.75. The Morgan fingerprint density at radius 1 is 1.11 bits per heavy atom. The first-order valence-corrected chi connectivity index (χ1v) is 11.7. The highest BCUT2D eigenvalue weighted by Gasteiger charge is 2.32. The Labute approximate surface area is 203 Å². The molecule has 1 heterocycles. The van der Waals surface area contributed by atoms with Crippen LogP contribution >= 0.6 is 0 Å². The third-order valence-electron chi connectivity index (χ3n) is 6.26. The second-order valence-corrected chi connectivity index (χ2v) is 8.75. The van der Waals surface area contributed by atoms with E-state index >= 15 is 0 Å². The summed E-state index contributed by atoms with van der Waals surface area (Å²) in [4.78, 5) is 34.3. The molecule has 4 rings (SSSR count). The zero-order valence-electron chi connectivity index (χ0n) is 19.6. The van der Waals surface area contributed by atoms with Gasteiger partial charge in [-0.05, 0) is 49.1 Å². The first-order valence-electron chi connectivity index (χ1n) is 11.7. The average molecular weight is 477 g/mol. The minimum Gasteiger partial charge on any atom is -0.369 e. The van der Waals surface area contributed by atoms with Crippen LogP contribution < -0.4 is 16.4 Å². The summed E-state index contributed by atoms with van der Waals surface area (Å²) in [7, 11) is 1.78. The summed E-state index contributed by atoms with van der Waals surface area (Å²) in [6.45, 7) is 0.611. The number of halogens is 1. The fraction of sp³-hybridized carbons (Fsp3) is 0.308. The zero-order chi connectivity index (χ0) is 24.8. The summed E-state index contributed by atoms with van der Waals surface area (Å²) in [5.41, 5.74) is 7.86. The number of nitrogens with one attached hydrogen (secondary N) is 2. The lowest BCUT2D eigenvalue weighted by Crippen LogP contribution is -2.34. The number of primary amides is 1. The van der Waals surface area contributed by atoms with Gasteiger partial charge in [0.2, 0.25) is 11.9 Å². The van der Waals surface area contributed by atoms with Gasteiger partial charge in [0.15, 0.2) is 11.6 Å². The molecule has 0 saturated heterocycles. The Morgan fingerprint density at radius 2 is 1.86 bits per heavy atom. The molecular weight excluding hydrogens is 447 g/mol. The highest BCUT2D eigenvalue weighted by atomic mass is 19.1. The van der Waals surface area contributed by atoms with E-state index < -0.39 is 11.7 Å². The molecule has 8 nitrogen and oxygen atoms in total. The molecule has 3 aromatic rings. The van der Waals surface area contributed by atoms with Gasteiger partial charge in [-0.25, -0.2) is 9.37 Å². The van der Waals surface area contributed by atoms with E-state index in [2.05, 4.69) is 20.6 Å². The minimum absolute atomic E-state index is 0.0208. The quantitative estimate of drug-likeness (QED) is 0.434. The summed E-state index contributed by atoms with van der Waals surface area (Å²) in [5, 5.41) is 6.04. The number of carbonyl (C=O) groups excluding carboxylic acids is 2. The predicted molar refractivity (Wildman–Crippen MR) is 133 cm³/mol. The van der Waals surface area contributed by atoms with E-state index in [1.165, 1.54) is 5.56 Å². The lowest BCUT2D eigenvalue weighted by molar-refractivity contribution is -0.121. The lowest BCUT2D eigenvalue weighted by atomic mass is 10.0. The van der Waals surface area contributed by atoms with Gasteiger partial charge >= 0.3 is 0 Å². The summed E-state index contributed by atoms with van der Waals surface area (Å²) in [5.74, 6) is -1.21. The van der Waals surface area contributed by atoms with Gasteiger partial charge in [-0.15, -0.1) is 0 Å². The van der Waals surface area contributed by atoms with Gasteiger partial charge in [0.1, 0.15) is 0 Å². The second kappa shape index (κ2) is 10.9. The highest BCUT2D eigenvalue weighted by Crippen LogP contribution is 2.29. The van der Waals surface area contributed by atoms with Crippen LogP contribution in [0.5, 0.6) is 0 Å². The van der Waals surface area contributed by atoms with Crippen molar-refractivity contribution in [3.05, 3.63) is 77.7 Å². The molecule has 0 radical (unpaired) electrons. The molecule has 1 saturated carbocycles. The maximum absolute atomic E-state index is 14.3. The Balaban J connectivity index is 1.37. The number of anilines is 3. The van der Waals surface area contributed by atoms with E-state index in [9.17, 15) is 14.0 Å². The molecule has 1 aromatic heterocycles. The normalized spacial score (nSPS) is 17.1. The molecule has 0 unspecified atom stereocenters. The van der Waals surface area contributed by atoms with Crippen LogP contribution in [0.25, 0.3) is 0 Å². The van der Waals surface area contributed by atoms with Crippen molar-refractivity contribution < 1.29 is 14.0 Å². The van der Waals surface area contributed by atoms with Crippen molar-refractivity contribution >= 4 is 29.3 Å². The first kappa shape index (κ1) is 24.1. The summed E-state index contributed by atoms with van der Waals surface area (Å²) in [6.07, 6.45) is 4.09. The van der Waals surface area contributed by atoms with Crippen LogP contribution in [-0.2, 0) is 11.2 Å². The molecule has 4 N–H and O–H groups in total. The lowest BCUT2D eigenvalue weighted by Gasteiger charge is -2.19. The molecule has 0 bridgehead atoms. The van der Waals surface area contributed by atoms with Gasteiger partial charge in [-0.2, -0.15) is 4.98 Å². The number of amides is 2. The molecule has 2 atom stereocenters. The van der Waals surface area contributed by atoms with Gasteiger partial charge in [0.05, 0.1) is 12.1 Å². The van der Waals surface area contributed by atoms with Crippen LogP contribution in [0.15, 0.2) is 60.8 Å². The Kier molecular flexibility index (Phi) is 7.54. The molecular formula is C26H29FN6O2. The van der Waals surface area contributed by atoms with E-state index in [0.717, 1.165) is 25.5 Å². The number of nitrogens with zero attached hydrogens (tertiary/aromatic N) is 3. The van der Waals surface area contributed by atoms with Crippen molar-refractivity contribution in [2.45, 2.75) is 31.7 Å². The molecule has 35 heavy (non-hydrogen) atoms. The van der Waals surface area contributed by atoms with E-state index in [1.54, 1.807) is 36.2 Å². The van der Waals surface area contributed by atoms with Crippen molar-refractivity contribution in [1.29, 1.82) is 0 Å². The van der Waals surface area contributed by atoms with Crippen LogP contribution in [0.2, 0.25) is 0 Å². The van der Waals surface area contributed by atoms with Crippen molar-refractivity contribution in [1.82, 2.24) is 14.9 Å². The molecule has 9 heteroatoms. The Bertz CT molecular complexity index is 1170. The molecule has 2 aromatic carbocycles. The fourth-order valence-corrected chi connectivity index (χ4v) is 4.27. The maximum atomic E-state index is 14.3. The van der Waals surface area contributed by atoms with E-state index in [4.69, 9.17) is 5.73 Å². The van der Waals surface area contributed by atoms with Crippen molar-refractivity contribution in [3.8, 4) is 0 Å². The number of rotatable bonds is 9. The van der Waals surface area contributed by atoms with E-state index in [1.807, 2.05) is 30.3 Å². The van der Waals surface area contributed by atoms with Crippen LogP contribution in [0, 0.1) is 11.7 Å². The van der Waals surface area contributed by atoms with Crippen LogP contribution in [0.1, 0.15) is 35.2 Å². The monoisotopic (exact) mass is 476 g/mol. The Morgan fingerprint density at radius 3 is 2.57 bits per heavy atom. The van der Waals surface area contributed by atoms with Crippen LogP contribution in [-0.4, -0.2) is 46.3 Å². The molecule has 1 fully saturated rings. The molecule has 1 aliphatic rings. The van der Waals surface area contributed by atoms with Crippen molar-refractivity contribution in [2.75, 3.05) is 24.2 Å². The van der Waals surface area contributed by atoms with Gasteiger partial charge in [0.25, 0.3) is 5.91 Å². The molecule has 1 aliphatic carbocycles. The molecule has 0 spiro atoms. The predicted octanol–water partition coefficient (Wildman–Crippen LogP) is 3.74. The average Bonchev–Trinajstić information content (AvgIpc) is 3.34. The number of hydrogen-bond donors (Lipinski definition) is 3. The fourth-order valence-electron chi connectivity index (χ4n) is 4.27. The van der Waals surface area contributed by atoms with Gasteiger partial charge in [0, 0.05) is 30.9 Å². The van der Waals surface area contributed by atoms with E-state index in [0.29, 0.717) is 24.2 Å². The molecule has 182 valence electrons. The third-order valence-corrected chi connectivity index (χ3v) is 6.26. The maximum Gasteiger partial charge on any atom is 0.253 e. The number of hydrogen-bond acceptors (Lipinski definition) is 6. The highest BCUT2D eigenvalue weighted by molar-refractivity contribution is 5.94. The largest absolute Gasteiger partial charge is 0.369 e. The van der Waals surface area contributed by atoms with Gasteiger partial charge in [-0.1, -0.05) is 36.8 Å². The minimum atomic E-state index is -0.606. The van der Waals surface area contributed by atoms with Gasteiger partial charge < -0.3 is 21.3 Å². The summed E-state index contributed by atoms with van der Waals surface area (Å²) in [6, 6.07) is 16.7. The first-order chi connectivity index (χ1) is 16.9. The zero-order valence-corrected chi connectivity index (χ0v) is 19.6. The summed E-state index contributed by atoms with van der Waals surface area (Å²) >= 11 is 0. The number of aromatic nitrogens is 2. The smallest absolute Gasteiger partial charge is 0.253 e. The number of carbonyl (C=O) groups is 2. The third kappa shape index (κ3) is 6.11. The van der Waals surface area contributed by atoms with Gasteiger partial charge in [-0.3, -0.25) is 9.59 Å². The molecule has 0 aliphatic heterocycles. The molecule has 2 amide bonds.